The van der Waals surface area contributed by atoms with Gasteiger partial charge in [0, 0.05) is 24.9 Å². The molecule has 1 aliphatic carbocycles. The average molecular weight is 339 g/mol. The standard InChI is InChI=1S/C21H25NO3/c1-3-18(23)19-13-17(21(24)22-12-11-15-9-10-15)20(25-19)14(2)16-7-5-4-6-8-16/h4-8,13-15H,3,9-12H2,1-2H3,(H,22,24)/t14-/m0/s1. The minimum absolute atomic E-state index is 0.0847. The zero-order valence-electron chi connectivity index (χ0n) is 14.9. The molecule has 0 spiro atoms. The van der Waals surface area contributed by atoms with E-state index in [-0.39, 0.29) is 23.4 Å². The van der Waals surface area contributed by atoms with E-state index in [2.05, 4.69) is 5.32 Å². The first kappa shape index (κ1) is 17.5. The van der Waals surface area contributed by atoms with Crippen molar-refractivity contribution < 1.29 is 14.0 Å². The van der Waals surface area contributed by atoms with Crippen molar-refractivity contribution in [1.82, 2.24) is 5.32 Å². The highest BCUT2D eigenvalue weighted by atomic mass is 16.3. The van der Waals surface area contributed by atoms with E-state index in [1.807, 2.05) is 37.3 Å². The number of amides is 1. The number of Topliss-reactive ketones (excluding diaryl/α,β-unsaturated/α-hetero) is 1. The predicted molar refractivity (Wildman–Crippen MR) is 97.0 cm³/mol. The van der Waals surface area contributed by atoms with Crippen LogP contribution in [0.1, 0.15) is 77.7 Å². The van der Waals surface area contributed by atoms with Crippen LogP contribution >= 0.6 is 0 Å². The van der Waals surface area contributed by atoms with Crippen LogP contribution in [0.5, 0.6) is 0 Å². The highest BCUT2D eigenvalue weighted by Crippen LogP contribution is 2.32. The lowest BCUT2D eigenvalue weighted by Gasteiger charge is -2.12. The van der Waals surface area contributed by atoms with Crippen LogP contribution in [0.2, 0.25) is 0 Å². The minimum Gasteiger partial charge on any atom is -0.456 e. The van der Waals surface area contributed by atoms with Gasteiger partial charge in [-0.3, -0.25) is 9.59 Å². The molecule has 4 nitrogen and oxygen atoms in total. The summed E-state index contributed by atoms with van der Waals surface area (Å²) in [7, 11) is 0. The summed E-state index contributed by atoms with van der Waals surface area (Å²) in [5, 5.41) is 2.98. The molecule has 1 amide bonds. The first-order valence-corrected chi connectivity index (χ1v) is 9.10. The summed E-state index contributed by atoms with van der Waals surface area (Å²) in [6.45, 7) is 4.46. The number of benzene rings is 1. The molecular weight excluding hydrogens is 314 g/mol. The second kappa shape index (κ2) is 7.68. The first-order valence-electron chi connectivity index (χ1n) is 9.10. The Kier molecular flexibility index (Phi) is 5.37. The highest BCUT2D eigenvalue weighted by molar-refractivity contribution is 6.00. The molecule has 1 fully saturated rings. The molecule has 3 rings (SSSR count). The van der Waals surface area contributed by atoms with Crippen LogP contribution in [-0.4, -0.2) is 18.2 Å². The highest BCUT2D eigenvalue weighted by Gasteiger charge is 2.26. The summed E-state index contributed by atoms with van der Waals surface area (Å²) in [4.78, 5) is 24.7. The van der Waals surface area contributed by atoms with Gasteiger partial charge in [-0.15, -0.1) is 0 Å². The Labute approximate surface area is 148 Å². The van der Waals surface area contributed by atoms with E-state index in [9.17, 15) is 9.59 Å². The molecule has 4 heteroatoms. The van der Waals surface area contributed by atoms with Gasteiger partial charge in [0.05, 0.1) is 5.56 Å². The number of furan rings is 1. The molecule has 1 heterocycles. The second-order valence-corrected chi connectivity index (χ2v) is 6.79. The lowest BCUT2D eigenvalue weighted by molar-refractivity contribution is 0.0944. The number of ketones is 1. The molecule has 2 aromatic rings. The third kappa shape index (κ3) is 4.19. The molecule has 1 N–H and O–H groups in total. The molecule has 132 valence electrons. The van der Waals surface area contributed by atoms with E-state index in [0.717, 1.165) is 17.9 Å². The number of hydrogen-bond donors (Lipinski definition) is 1. The van der Waals surface area contributed by atoms with Crippen molar-refractivity contribution in [3.8, 4) is 0 Å². The quantitative estimate of drug-likeness (QED) is 0.718. The summed E-state index contributed by atoms with van der Waals surface area (Å²) in [5.74, 6) is 1.27. The van der Waals surface area contributed by atoms with Gasteiger partial charge in [-0.2, -0.15) is 0 Å². The number of carbonyl (C=O) groups excluding carboxylic acids is 2. The molecule has 0 radical (unpaired) electrons. The molecule has 0 aliphatic heterocycles. The maximum absolute atomic E-state index is 12.6. The van der Waals surface area contributed by atoms with Gasteiger partial charge >= 0.3 is 0 Å². The Hall–Kier alpha value is -2.36. The van der Waals surface area contributed by atoms with Gasteiger partial charge in [-0.1, -0.05) is 57.0 Å². The van der Waals surface area contributed by atoms with E-state index in [1.54, 1.807) is 13.0 Å². The molecule has 0 saturated heterocycles. The number of nitrogens with one attached hydrogen (secondary N) is 1. The molecule has 1 aromatic heterocycles. The molecule has 1 aliphatic rings. The summed E-state index contributed by atoms with van der Waals surface area (Å²) in [6.07, 6.45) is 3.92. The van der Waals surface area contributed by atoms with E-state index < -0.39 is 0 Å². The van der Waals surface area contributed by atoms with Crippen molar-refractivity contribution in [3.05, 3.63) is 59.0 Å². The van der Waals surface area contributed by atoms with Gasteiger partial charge < -0.3 is 9.73 Å². The van der Waals surface area contributed by atoms with Crippen molar-refractivity contribution in [3.63, 3.8) is 0 Å². The van der Waals surface area contributed by atoms with Crippen LogP contribution in [0, 0.1) is 5.92 Å². The molecule has 25 heavy (non-hydrogen) atoms. The topological polar surface area (TPSA) is 59.3 Å². The summed E-state index contributed by atoms with van der Waals surface area (Å²) in [5.41, 5.74) is 1.53. The summed E-state index contributed by atoms with van der Waals surface area (Å²) >= 11 is 0. The Morgan fingerprint density at radius 3 is 2.60 bits per heavy atom. The van der Waals surface area contributed by atoms with Gasteiger partial charge in [-0.25, -0.2) is 0 Å². The first-order chi connectivity index (χ1) is 12.1. The lowest BCUT2D eigenvalue weighted by atomic mass is 9.96. The lowest BCUT2D eigenvalue weighted by Crippen LogP contribution is -2.25. The number of hydrogen-bond acceptors (Lipinski definition) is 3. The van der Waals surface area contributed by atoms with Crippen LogP contribution in [-0.2, 0) is 0 Å². The maximum Gasteiger partial charge on any atom is 0.254 e. The Morgan fingerprint density at radius 1 is 1.24 bits per heavy atom. The molecule has 1 aromatic carbocycles. The maximum atomic E-state index is 12.6. The molecule has 0 bridgehead atoms. The van der Waals surface area contributed by atoms with Crippen molar-refractivity contribution >= 4 is 11.7 Å². The van der Waals surface area contributed by atoms with Crippen molar-refractivity contribution in [1.29, 1.82) is 0 Å². The van der Waals surface area contributed by atoms with Crippen molar-refractivity contribution in [2.24, 2.45) is 5.92 Å². The SMILES string of the molecule is CCC(=O)c1cc(C(=O)NCCC2CC2)c([C@@H](C)c2ccccc2)o1. The molecule has 1 saturated carbocycles. The van der Waals surface area contributed by atoms with Crippen molar-refractivity contribution in [2.75, 3.05) is 6.54 Å². The van der Waals surface area contributed by atoms with Gasteiger partial charge in [0.25, 0.3) is 5.91 Å². The fourth-order valence-electron chi connectivity index (χ4n) is 3.00. The van der Waals surface area contributed by atoms with Crippen LogP contribution < -0.4 is 5.32 Å². The van der Waals surface area contributed by atoms with E-state index >= 15 is 0 Å². The normalized spacial score (nSPS) is 15.0. The largest absolute Gasteiger partial charge is 0.456 e. The van der Waals surface area contributed by atoms with Crippen LogP contribution in [0.25, 0.3) is 0 Å². The summed E-state index contributed by atoms with van der Waals surface area (Å²) in [6, 6.07) is 11.5. The monoisotopic (exact) mass is 339 g/mol. The van der Waals surface area contributed by atoms with Crippen LogP contribution in [0.3, 0.4) is 0 Å². The smallest absolute Gasteiger partial charge is 0.254 e. The fourth-order valence-corrected chi connectivity index (χ4v) is 3.00. The van der Waals surface area contributed by atoms with E-state index in [0.29, 0.717) is 24.3 Å². The number of rotatable bonds is 8. The van der Waals surface area contributed by atoms with E-state index in [1.165, 1.54) is 12.8 Å². The number of carbonyl (C=O) groups is 2. The third-order valence-corrected chi connectivity index (χ3v) is 4.83. The average Bonchev–Trinajstić information content (AvgIpc) is 3.36. The molecule has 0 unspecified atom stereocenters. The molecule has 1 atom stereocenters. The third-order valence-electron chi connectivity index (χ3n) is 4.83. The van der Waals surface area contributed by atoms with Gasteiger partial charge in [0.1, 0.15) is 5.76 Å². The zero-order chi connectivity index (χ0) is 17.8. The van der Waals surface area contributed by atoms with Gasteiger partial charge in [0.15, 0.2) is 11.5 Å². The van der Waals surface area contributed by atoms with Crippen LogP contribution in [0.4, 0.5) is 0 Å². The Bertz CT molecular complexity index is 744. The van der Waals surface area contributed by atoms with Gasteiger partial charge in [-0.05, 0) is 17.9 Å². The second-order valence-electron chi connectivity index (χ2n) is 6.79. The van der Waals surface area contributed by atoms with Gasteiger partial charge in [0.2, 0.25) is 0 Å². The minimum atomic E-state index is -0.155. The fraction of sp³-hybridized carbons (Fsp3) is 0.429. The Morgan fingerprint density at radius 2 is 1.96 bits per heavy atom. The zero-order valence-corrected chi connectivity index (χ0v) is 14.9. The predicted octanol–water partition coefficient (Wildman–Crippen LogP) is 4.55. The summed E-state index contributed by atoms with van der Waals surface area (Å²) < 4.78 is 5.83. The van der Waals surface area contributed by atoms with E-state index in [4.69, 9.17) is 4.42 Å². The molecular formula is C21H25NO3. The van der Waals surface area contributed by atoms with Crippen molar-refractivity contribution in [2.45, 2.75) is 45.4 Å². The van der Waals surface area contributed by atoms with Crippen LogP contribution in [0.15, 0.2) is 40.8 Å². The Balaban J connectivity index is 1.84.